The summed E-state index contributed by atoms with van der Waals surface area (Å²) in [6, 6.07) is 10.5. The highest BCUT2D eigenvalue weighted by Crippen LogP contribution is 2.26. The van der Waals surface area contributed by atoms with Gasteiger partial charge >= 0.3 is 0 Å². The molecule has 1 aliphatic carbocycles. The van der Waals surface area contributed by atoms with Crippen molar-refractivity contribution in [1.82, 2.24) is 0 Å². The third-order valence-corrected chi connectivity index (χ3v) is 2.93. The van der Waals surface area contributed by atoms with Gasteiger partial charge in [0.2, 0.25) is 0 Å². The number of carbonyl (C=O) groups excluding carboxylic acids is 1. The Hall–Kier alpha value is -1.11. The zero-order valence-electron chi connectivity index (χ0n) is 9.70. The highest BCUT2D eigenvalue weighted by molar-refractivity contribution is 5.78. The van der Waals surface area contributed by atoms with Gasteiger partial charge in [-0.1, -0.05) is 43.7 Å². The van der Waals surface area contributed by atoms with Gasteiger partial charge in [0.05, 0.1) is 0 Å². The lowest BCUT2D eigenvalue weighted by molar-refractivity contribution is -0.122. The Morgan fingerprint density at radius 3 is 2.07 bits per heavy atom. The van der Waals surface area contributed by atoms with Crippen molar-refractivity contribution in [3.63, 3.8) is 0 Å². The summed E-state index contributed by atoms with van der Waals surface area (Å²) in [5, 5.41) is 0. The molecule has 0 aromatic heterocycles. The van der Waals surface area contributed by atoms with Gasteiger partial charge in [-0.25, -0.2) is 0 Å². The smallest absolute Gasteiger partial charge is 0.132 e. The third-order valence-electron chi connectivity index (χ3n) is 2.93. The predicted molar refractivity (Wildman–Crippen MR) is 63.8 cm³/mol. The second kappa shape index (κ2) is 6.39. The van der Waals surface area contributed by atoms with Crippen LogP contribution >= 0.6 is 0 Å². The molecule has 0 bridgehead atoms. The molecule has 0 spiro atoms. The summed E-state index contributed by atoms with van der Waals surface area (Å²) in [4.78, 5) is 10.4. The summed E-state index contributed by atoms with van der Waals surface area (Å²) in [6.07, 6.45) is 4.70. The Bertz CT molecular complexity index is 285. The lowest BCUT2D eigenvalue weighted by Gasteiger charge is -2.21. The molecule has 0 heterocycles. The van der Waals surface area contributed by atoms with Crippen molar-refractivity contribution in [2.24, 2.45) is 5.92 Å². The van der Waals surface area contributed by atoms with E-state index < -0.39 is 0 Å². The summed E-state index contributed by atoms with van der Waals surface area (Å²) in [5.74, 6) is 0.825. The van der Waals surface area contributed by atoms with Gasteiger partial charge in [0.25, 0.3) is 0 Å². The van der Waals surface area contributed by atoms with Gasteiger partial charge < -0.3 is 0 Å². The predicted octanol–water partition coefficient (Wildman–Crippen LogP) is 3.62. The van der Waals surface area contributed by atoms with E-state index in [-0.39, 0.29) is 0 Å². The van der Waals surface area contributed by atoms with Gasteiger partial charge in [0, 0.05) is 5.92 Å². The minimum Gasteiger partial charge on any atom is -0.300 e. The van der Waals surface area contributed by atoms with Gasteiger partial charge in [0.1, 0.15) is 5.78 Å². The van der Waals surface area contributed by atoms with Gasteiger partial charge in [-0.3, -0.25) is 4.79 Å². The number of hydrogen-bond acceptors (Lipinski definition) is 1. The standard InChI is InChI=1S/C8H10.C6H10O/c1-2-8-6-4-3-5-7-8;1-5(7)6-3-2-4-6/h3-7H,2H2,1H3;6H,2-4H2,1H3. The average Bonchev–Trinajstić information content (AvgIpc) is 2.16. The summed E-state index contributed by atoms with van der Waals surface area (Å²) in [7, 11) is 0. The van der Waals surface area contributed by atoms with Crippen molar-refractivity contribution in [3.8, 4) is 0 Å². The molecule has 0 amide bonds. The number of ketones is 1. The Morgan fingerprint density at radius 1 is 1.27 bits per heavy atom. The number of rotatable bonds is 2. The van der Waals surface area contributed by atoms with E-state index in [0.717, 1.165) is 19.3 Å². The first-order valence-corrected chi connectivity index (χ1v) is 5.78. The second-order valence-electron chi connectivity index (χ2n) is 4.08. The quantitative estimate of drug-likeness (QED) is 0.719. The Morgan fingerprint density at radius 2 is 1.87 bits per heavy atom. The molecule has 15 heavy (non-hydrogen) atoms. The van der Waals surface area contributed by atoms with Crippen LogP contribution in [-0.2, 0) is 11.2 Å². The molecule has 82 valence electrons. The second-order valence-corrected chi connectivity index (χ2v) is 4.08. The molecule has 2 rings (SSSR count). The number of hydrogen-bond donors (Lipinski definition) is 0. The highest BCUT2D eigenvalue weighted by Gasteiger charge is 2.20. The molecule has 0 aliphatic heterocycles. The van der Waals surface area contributed by atoms with E-state index in [0.29, 0.717) is 11.7 Å². The minimum atomic E-state index is 0.381. The fourth-order valence-corrected chi connectivity index (χ4v) is 1.53. The van der Waals surface area contributed by atoms with E-state index in [4.69, 9.17) is 0 Å². The van der Waals surface area contributed by atoms with E-state index in [1.165, 1.54) is 12.0 Å². The van der Waals surface area contributed by atoms with Crippen molar-refractivity contribution in [2.45, 2.75) is 39.5 Å². The van der Waals surface area contributed by atoms with Crippen molar-refractivity contribution in [3.05, 3.63) is 35.9 Å². The maximum Gasteiger partial charge on any atom is 0.132 e. The molecule has 1 aromatic carbocycles. The van der Waals surface area contributed by atoms with Gasteiger partial charge in [-0.2, -0.15) is 0 Å². The number of aryl methyl sites for hydroxylation is 1. The van der Waals surface area contributed by atoms with E-state index >= 15 is 0 Å². The van der Waals surface area contributed by atoms with Crippen molar-refractivity contribution in [1.29, 1.82) is 0 Å². The van der Waals surface area contributed by atoms with E-state index in [1.54, 1.807) is 6.92 Å². The maximum absolute atomic E-state index is 10.4. The largest absolute Gasteiger partial charge is 0.300 e. The van der Waals surface area contributed by atoms with Crippen molar-refractivity contribution >= 4 is 5.78 Å². The van der Waals surface area contributed by atoms with Crippen LogP contribution < -0.4 is 0 Å². The van der Waals surface area contributed by atoms with Crippen LogP contribution in [0.5, 0.6) is 0 Å². The molecule has 1 aliphatic rings. The van der Waals surface area contributed by atoms with Crippen LogP contribution in [0.2, 0.25) is 0 Å². The van der Waals surface area contributed by atoms with Gasteiger partial charge in [0.15, 0.2) is 0 Å². The van der Waals surface area contributed by atoms with Crippen LogP contribution in [-0.4, -0.2) is 5.78 Å². The van der Waals surface area contributed by atoms with Crippen LogP contribution in [0.15, 0.2) is 30.3 Å². The first kappa shape index (κ1) is 12.0. The molecular weight excluding hydrogens is 184 g/mol. The topological polar surface area (TPSA) is 17.1 Å². The van der Waals surface area contributed by atoms with Gasteiger partial charge in [-0.15, -0.1) is 0 Å². The fourth-order valence-electron chi connectivity index (χ4n) is 1.53. The molecule has 1 fully saturated rings. The molecule has 0 unspecified atom stereocenters. The molecular formula is C14H20O. The van der Waals surface area contributed by atoms with E-state index in [1.807, 2.05) is 6.07 Å². The highest BCUT2D eigenvalue weighted by atomic mass is 16.1. The molecule has 0 atom stereocenters. The van der Waals surface area contributed by atoms with Crippen molar-refractivity contribution in [2.75, 3.05) is 0 Å². The fraction of sp³-hybridized carbons (Fsp3) is 0.500. The molecule has 0 radical (unpaired) electrons. The lowest BCUT2D eigenvalue weighted by atomic mass is 9.83. The SMILES string of the molecule is CC(=O)C1CCC1.CCc1ccccc1. The zero-order chi connectivity index (χ0) is 11.1. The maximum atomic E-state index is 10.4. The molecule has 1 nitrogen and oxygen atoms in total. The van der Waals surface area contributed by atoms with Gasteiger partial charge in [-0.05, 0) is 31.7 Å². The molecule has 1 heteroatoms. The third kappa shape index (κ3) is 4.28. The molecule has 1 saturated carbocycles. The minimum absolute atomic E-state index is 0.381. The van der Waals surface area contributed by atoms with Crippen LogP contribution in [0.3, 0.4) is 0 Å². The van der Waals surface area contributed by atoms with Crippen molar-refractivity contribution < 1.29 is 4.79 Å². The molecule has 0 saturated heterocycles. The van der Waals surface area contributed by atoms with Crippen LogP contribution in [0.25, 0.3) is 0 Å². The normalized spacial score (nSPS) is 14.8. The monoisotopic (exact) mass is 204 g/mol. The Labute approximate surface area is 92.5 Å². The lowest BCUT2D eigenvalue weighted by Crippen LogP contribution is -2.18. The average molecular weight is 204 g/mol. The summed E-state index contributed by atoms with van der Waals surface area (Å²) >= 11 is 0. The van der Waals surface area contributed by atoms with E-state index in [2.05, 4.69) is 31.2 Å². The van der Waals surface area contributed by atoms with Crippen LogP contribution in [0, 0.1) is 5.92 Å². The summed E-state index contributed by atoms with van der Waals surface area (Å²) in [5.41, 5.74) is 1.41. The number of Topliss-reactive ketones (excluding diaryl/α,β-unsaturated/α-hetero) is 1. The first-order chi connectivity index (χ1) is 7.24. The Kier molecular flexibility index (Phi) is 5.09. The molecule has 0 N–H and O–H groups in total. The zero-order valence-corrected chi connectivity index (χ0v) is 9.70. The summed E-state index contributed by atoms with van der Waals surface area (Å²) < 4.78 is 0. The Balaban J connectivity index is 0.000000151. The number of carbonyl (C=O) groups is 1. The first-order valence-electron chi connectivity index (χ1n) is 5.78. The summed E-state index contributed by atoms with van der Waals surface area (Å²) in [6.45, 7) is 3.85. The number of benzene rings is 1. The molecule has 1 aromatic rings. The van der Waals surface area contributed by atoms with E-state index in [9.17, 15) is 4.79 Å². The van der Waals surface area contributed by atoms with Crippen LogP contribution in [0.1, 0.15) is 38.7 Å². The van der Waals surface area contributed by atoms with Crippen LogP contribution in [0.4, 0.5) is 0 Å².